The van der Waals surface area contributed by atoms with E-state index in [1.807, 2.05) is 36.4 Å². The molecule has 1 aromatic heterocycles. The first-order valence-corrected chi connectivity index (χ1v) is 8.66. The van der Waals surface area contributed by atoms with Gasteiger partial charge in [0.05, 0.1) is 24.2 Å². The van der Waals surface area contributed by atoms with Gasteiger partial charge in [0.1, 0.15) is 0 Å². The molecule has 0 amide bonds. The highest BCUT2D eigenvalue weighted by Crippen LogP contribution is 2.25. The molecule has 4 aromatic rings. The van der Waals surface area contributed by atoms with Crippen LogP contribution in [-0.2, 0) is 0 Å². The highest BCUT2D eigenvalue weighted by Gasteiger charge is 2.12. The highest BCUT2D eigenvalue weighted by molar-refractivity contribution is 5.82. The maximum Gasteiger partial charge on any atom is 0.282 e. The second kappa shape index (κ2) is 7.36. The summed E-state index contributed by atoms with van der Waals surface area (Å²) >= 11 is 0. The summed E-state index contributed by atoms with van der Waals surface area (Å²) in [6, 6.07) is 21.5. The Kier molecular flexibility index (Phi) is 4.60. The summed E-state index contributed by atoms with van der Waals surface area (Å²) in [4.78, 5) is 17.7. The molecule has 0 saturated carbocycles. The number of hydrogen-bond donors (Lipinski definition) is 1. The summed E-state index contributed by atoms with van der Waals surface area (Å²) < 4.78 is 6.32. The lowest BCUT2D eigenvalue weighted by molar-refractivity contribution is 0.373. The Bertz CT molecular complexity index is 1230. The number of fused-ring (bicyclic) bond motifs is 1. The number of hydrogen-bond acceptors (Lipinski definition) is 5. The fourth-order valence-electron chi connectivity index (χ4n) is 2.92. The van der Waals surface area contributed by atoms with Crippen LogP contribution in [-0.4, -0.2) is 28.1 Å². The lowest BCUT2D eigenvalue weighted by atomic mass is 10.2. The highest BCUT2D eigenvalue weighted by atomic mass is 16.5. The smallest absolute Gasteiger partial charge is 0.282 e. The summed E-state index contributed by atoms with van der Waals surface area (Å²) in [5.41, 5.74) is 1.75. The number of aromatic hydroxyl groups is 1. The molecule has 0 aliphatic carbocycles. The van der Waals surface area contributed by atoms with Gasteiger partial charge >= 0.3 is 0 Å². The fraction of sp³-hybridized carbons (Fsp3) is 0.0455. The van der Waals surface area contributed by atoms with Crippen LogP contribution in [0.1, 0.15) is 5.56 Å². The van der Waals surface area contributed by atoms with Gasteiger partial charge in [-0.15, -0.1) is 0 Å². The van der Waals surface area contributed by atoms with Crippen molar-refractivity contribution >= 4 is 17.1 Å². The molecule has 28 heavy (non-hydrogen) atoms. The Morgan fingerprint density at radius 2 is 1.79 bits per heavy atom. The summed E-state index contributed by atoms with van der Waals surface area (Å²) in [6.45, 7) is 0. The number of rotatable bonds is 4. The van der Waals surface area contributed by atoms with Crippen LogP contribution in [0, 0.1) is 0 Å². The van der Waals surface area contributed by atoms with Gasteiger partial charge in [-0.05, 0) is 35.9 Å². The van der Waals surface area contributed by atoms with Gasteiger partial charge < -0.3 is 9.84 Å². The van der Waals surface area contributed by atoms with E-state index in [1.54, 1.807) is 30.3 Å². The van der Waals surface area contributed by atoms with Crippen molar-refractivity contribution in [1.29, 1.82) is 0 Å². The zero-order chi connectivity index (χ0) is 19.5. The summed E-state index contributed by atoms with van der Waals surface area (Å²) in [5.74, 6) is 0.809. The van der Waals surface area contributed by atoms with Crippen molar-refractivity contribution in [3.63, 3.8) is 0 Å². The molecule has 4 rings (SSSR count). The minimum Gasteiger partial charge on any atom is -0.504 e. The van der Waals surface area contributed by atoms with Crippen LogP contribution in [0.2, 0.25) is 0 Å². The number of methoxy groups -OCH3 is 1. The third-order valence-corrected chi connectivity index (χ3v) is 4.31. The van der Waals surface area contributed by atoms with Crippen LogP contribution in [0.25, 0.3) is 22.3 Å². The molecule has 0 spiro atoms. The van der Waals surface area contributed by atoms with E-state index in [0.717, 1.165) is 5.56 Å². The SMILES string of the molecule is COc1ccc(/C=N/n2c(-c3ccccc3)nc3ccccc3c2=O)cc1O. The lowest BCUT2D eigenvalue weighted by Crippen LogP contribution is -2.20. The molecule has 0 aliphatic heterocycles. The Labute approximate surface area is 161 Å². The van der Waals surface area contributed by atoms with E-state index < -0.39 is 0 Å². The first-order chi connectivity index (χ1) is 13.7. The second-order valence-electron chi connectivity index (χ2n) is 6.11. The van der Waals surface area contributed by atoms with Crippen LogP contribution in [0.4, 0.5) is 0 Å². The van der Waals surface area contributed by atoms with Crippen LogP contribution in [0.15, 0.2) is 82.7 Å². The number of benzene rings is 3. The van der Waals surface area contributed by atoms with Gasteiger partial charge in [-0.3, -0.25) is 4.79 Å². The molecule has 1 heterocycles. The number of phenols is 1. The fourth-order valence-corrected chi connectivity index (χ4v) is 2.92. The molecule has 6 nitrogen and oxygen atoms in total. The molecule has 138 valence electrons. The molecule has 3 aromatic carbocycles. The molecule has 6 heteroatoms. The van der Waals surface area contributed by atoms with E-state index in [4.69, 9.17) is 4.74 Å². The predicted octanol–water partition coefficient (Wildman–Crippen LogP) is 3.66. The van der Waals surface area contributed by atoms with Crippen molar-refractivity contribution < 1.29 is 9.84 Å². The van der Waals surface area contributed by atoms with Crippen LogP contribution in [0.3, 0.4) is 0 Å². The zero-order valence-electron chi connectivity index (χ0n) is 15.1. The molecule has 0 bridgehead atoms. The Hall–Kier alpha value is -3.93. The maximum absolute atomic E-state index is 13.1. The van der Waals surface area contributed by atoms with Crippen LogP contribution >= 0.6 is 0 Å². The Morgan fingerprint density at radius 1 is 1.04 bits per heavy atom. The van der Waals surface area contributed by atoms with Gasteiger partial charge in [-0.25, -0.2) is 4.98 Å². The van der Waals surface area contributed by atoms with Gasteiger partial charge in [0, 0.05) is 5.56 Å². The van der Waals surface area contributed by atoms with Crippen molar-refractivity contribution in [2.24, 2.45) is 5.10 Å². The van der Waals surface area contributed by atoms with E-state index in [0.29, 0.717) is 28.0 Å². The van der Waals surface area contributed by atoms with Crippen LogP contribution in [0.5, 0.6) is 11.5 Å². The molecular formula is C22H17N3O3. The minimum atomic E-state index is -0.265. The number of nitrogens with zero attached hydrogens (tertiary/aromatic N) is 3. The third kappa shape index (κ3) is 3.23. The largest absolute Gasteiger partial charge is 0.504 e. The topological polar surface area (TPSA) is 76.7 Å². The van der Waals surface area contributed by atoms with Gasteiger partial charge in [0.25, 0.3) is 5.56 Å². The van der Waals surface area contributed by atoms with Gasteiger partial charge in [-0.2, -0.15) is 9.78 Å². The van der Waals surface area contributed by atoms with E-state index in [2.05, 4.69) is 10.1 Å². The Balaban J connectivity index is 1.88. The minimum absolute atomic E-state index is 0.00119. The summed E-state index contributed by atoms with van der Waals surface area (Å²) in [5, 5.41) is 14.8. The average molecular weight is 371 g/mol. The predicted molar refractivity (Wildman–Crippen MR) is 109 cm³/mol. The number of ether oxygens (including phenoxy) is 1. The molecule has 0 fully saturated rings. The standard InChI is InChI=1S/C22H17N3O3/c1-28-20-12-11-15(13-19(20)26)14-23-25-21(16-7-3-2-4-8-16)24-18-10-6-5-9-17(18)22(25)27/h2-14,26H,1H3/b23-14+. The van der Waals surface area contributed by atoms with Crippen molar-refractivity contribution in [2.45, 2.75) is 0 Å². The van der Waals surface area contributed by atoms with Crippen molar-refractivity contribution in [3.8, 4) is 22.9 Å². The molecular weight excluding hydrogens is 354 g/mol. The molecule has 0 saturated heterocycles. The van der Waals surface area contributed by atoms with Crippen LogP contribution < -0.4 is 10.3 Å². The van der Waals surface area contributed by atoms with Crippen molar-refractivity contribution in [3.05, 3.63) is 88.7 Å². The van der Waals surface area contributed by atoms with E-state index in [9.17, 15) is 9.90 Å². The molecule has 1 N–H and O–H groups in total. The summed E-state index contributed by atoms with van der Waals surface area (Å²) in [7, 11) is 1.48. The van der Waals surface area contributed by atoms with E-state index in [-0.39, 0.29) is 11.3 Å². The number of para-hydroxylation sites is 1. The Morgan fingerprint density at radius 3 is 2.54 bits per heavy atom. The molecule has 0 radical (unpaired) electrons. The third-order valence-electron chi connectivity index (χ3n) is 4.31. The number of aromatic nitrogens is 2. The summed E-state index contributed by atoms with van der Waals surface area (Å²) in [6.07, 6.45) is 1.50. The lowest BCUT2D eigenvalue weighted by Gasteiger charge is -2.09. The maximum atomic E-state index is 13.1. The quantitative estimate of drug-likeness (QED) is 0.556. The van der Waals surface area contributed by atoms with Gasteiger partial charge in [-0.1, -0.05) is 42.5 Å². The van der Waals surface area contributed by atoms with Gasteiger partial charge in [0.15, 0.2) is 17.3 Å². The monoisotopic (exact) mass is 371 g/mol. The van der Waals surface area contributed by atoms with Crippen molar-refractivity contribution in [2.75, 3.05) is 7.11 Å². The molecule has 0 unspecified atom stereocenters. The van der Waals surface area contributed by atoms with E-state index in [1.165, 1.54) is 24.1 Å². The molecule has 0 atom stereocenters. The van der Waals surface area contributed by atoms with E-state index >= 15 is 0 Å². The van der Waals surface area contributed by atoms with Gasteiger partial charge in [0.2, 0.25) is 0 Å². The number of phenolic OH excluding ortho intramolecular Hbond substituents is 1. The first kappa shape index (κ1) is 17.5. The second-order valence-corrected chi connectivity index (χ2v) is 6.11. The molecule has 0 aliphatic rings. The van der Waals surface area contributed by atoms with Crippen molar-refractivity contribution in [1.82, 2.24) is 9.66 Å². The average Bonchev–Trinajstić information content (AvgIpc) is 2.74. The normalized spacial score (nSPS) is 11.2. The first-order valence-electron chi connectivity index (χ1n) is 8.66. The zero-order valence-corrected chi connectivity index (χ0v) is 15.1.